The third-order valence-electron chi connectivity index (χ3n) is 1.96. The Kier molecular flexibility index (Phi) is 3.53. The molecule has 1 N–H and O–H groups in total. The van der Waals surface area contributed by atoms with E-state index in [2.05, 4.69) is 0 Å². The Balaban J connectivity index is 3.60. The number of halogens is 7. The van der Waals surface area contributed by atoms with E-state index in [1.165, 1.54) is 0 Å². The molecule has 0 atom stereocenters. The van der Waals surface area contributed by atoms with E-state index in [0.717, 1.165) is 0 Å². The van der Waals surface area contributed by atoms with Gasteiger partial charge in [-0.25, -0.2) is 0 Å². The smallest absolute Gasteiger partial charge is 0.419 e. The van der Waals surface area contributed by atoms with E-state index in [1.54, 1.807) is 0 Å². The van der Waals surface area contributed by atoms with Crippen LogP contribution in [-0.2, 0) is 12.4 Å². The van der Waals surface area contributed by atoms with Crippen LogP contribution in [0.5, 0.6) is 5.75 Å². The average Bonchev–Trinajstić information content (AvgIpc) is 2.13. The summed E-state index contributed by atoms with van der Waals surface area (Å²) >= 11 is 4.80. The lowest BCUT2D eigenvalue weighted by atomic mass is 10.0. The Morgan fingerprint density at radius 3 is 1.78 bits per heavy atom. The van der Waals surface area contributed by atoms with Crippen LogP contribution in [0.15, 0.2) is 12.1 Å². The van der Waals surface area contributed by atoms with Crippen molar-refractivity contribution in [1.29, 1.82) is 0 Å². The molecule has 0 radical (unpaired) electrons. The Hall–Kier alpha value is -1.44. The maximum absolute atomic E-state index is 12.4. The maximum atomic E-state index is 12.4. The molecular formula is C9H3ClF6O2. The third-order valence-corrected chi connectivity index (χ3v) is 2.16. The summed E-state index contributed by atoms with van der Waals surface area (Å²) in [5, 5.41) is 7.22. The molecule has 2 nitrogen and oxygen atoms in total. The molecule has 0 fully saturated rings. The van der Waals surface area contributed by atoms with Crippen molar-refractivity contribution < 1.29 is 36.2 Å². The van der Waals surface area contributed by atoms with Gasteiger partial charge in [0.05, 0.1) is 11.1 Å². The highest BCUT2D eigenvalue weighted by Gasteiger charge is 2.40. The van der Waals surface area contributed by atoms with Crippen molar-refractivity contribution in [3.8, 4) is 5.75 Å². The summed E-state index contributed by atoms with van der Waals surface area (Å²) < 4.78 is 74.2. The molecule has 0 bridgehead atoms. The number of hydrogen-bond acceptors (Lipinski definition) is 2. The second kappa shape index (κ2) is 4.34. The molecule has 1 rings (SSSR count). The second-order valence-electron chi connectivity index (χ2n) is 3.18. The van der Waals surface area contributed by atoms with Gasteiger partial charge in [-0.05, 0) is 23.7 Å². The fourth-order valence-electron chi connectivity index (χ4n) is 1.21. The van der Waals surface area contributed by atoms with Crippen LogP contribution in [-0.4, -0.2) is 10.3 Å². The molecule has 0 aromatic heterocycles. The first-order chi connectivity index (χ1) is 7.94. The summed E-state index contributed by atoms with van der Waals surface area (Å²) in [5.74, 6) is -1.63. The van der Waals surface area contributed by atoms with Crippen molar-refractivity contribution in [1.82, 2.24) is 0 Å². The highest BCUT2D eigenvalue weighted by atomic mass is 35.5. The van der Waals surface area contributed by atoms with Crippen LogP contribution in [0.25, 0.3) is 0 Å². The lowest BCUT2D eigenvalue weighted by Crippen LogP contribution is -2.14. The number of rotatable bonds is 1. The Morgan fingerprint density at radius 2 is 1.44 bits per heavy atom. The first-order valence-electron chi connectivity index (χ1n) is 4.16. The highest BCUT2D eigenvalue weighted by Crippen LogP contribution is 2.41. The van der Waals surface area contributed by atoms with E-state index < -0.39 is 40.0 Å². The van der Waals surface area contributed by atoms with Crippen LogP contribution in [0.3, 0.4) is 0 Å². The van der Waals surface area contributed by atoms with Gasteiger partial charge >= 0.3 is 12.4 Å². The monoisotopic (exact) mass is 292 g/mol. The van der Waals surface area contributed by atoms with E-state index in [9.17, 15) is 31.1 Å². The molecule has 0 saturated carbocycles. The molecule has 0 unspecified atom stereocenters. The fraction of sp³-hybridized carbons (Fsp3) is 0.222. The highest BCUT2D eigenvalue weighted by molar-refractivity contribution is 6.68. The molecule has 9 heteroatoms. The van der Waals surface area contributed by atoms with Crippen molar-refractivity contribution >= 4 is 16.8 Å². The van der Waals surface area contributed by atoms with Crippen LogP contribution >= 0.6 is 11.6 Å². The largest absolute Gasteiger partial charge is 0.507 e. The summed E-state index contributed by atoms with van der Waals surface area (Å²) in [6, 6.07) is -0.314. The van der Waals surface area contributed by atoms with Gasteiger partial charge in [0.25, 0.3) is 5.24 Å². The number of aromatic hydroxyl groups is 1. The van der Waals surface area contributed by atoms with Crippen LogP contribution in [0.1, 0.15) is 21.5 Å². The number of phenols is 1. The molecule has 0 aliphatic heterocycles. The van der Waals surface area contributed by atoms with Gasteiger partial charge in [0.2, 0.25) is 0 Å². The lowest BCUT2D eigenvalue weighted by molar-refractivity contribution is -0.142. The summed E-state index contributed by atoms with van der Waals surface area (Å²) in [7, 11) is 0. The lowest BCUT2D eigenvalue weighted by Gasteiger charge is -2.15. The zero-order valence-corrected chi connectivity index (χ0v) is 8.91. The number of alkyl halides is 6. The van der Waals surface area contributed by atoms with Crippen LogP contribution in [0, 0.1) is 0 Å². The Labute approximate surface area is 101 Å². The Bertz CT molecular complexity index is 491. The molecule has 0 aliphatic carbocycles. The predicted molar refractivity (Wildman–Crippen MR) is 48.3 cm³/mol. The van der Waals surface area contributed by atoms with Gasteiger partial charge in [0.15, 0.2) is 0 Å². The van der Waals surface area contributed by atoms with Crippen molar-refractivity contribution in [2.45, 2.75) is 12.4 Å². The summed E-state index contributed by atoms with van der Waals surface area (Å²) in [6.45, 7) is 0. The minimum atomic E-state index is -5.11. The normalized spacial score (nSPS) is 12.6. The van der Waals surface area contributed by atoms with Gasteiger partial charge in [-0.1, -0.05) is 0 Å². The van der Waals surface area contributed by atoms with E-state index in [-0.39, 0.29) is 12.1 Å². The van der Waals surface area contributed by atoms with Crippen LogP contribution in [0.4, 0.5) is 26.3 Å². The van der Waals surface area contributed by atoms with Crippen LogP contribution < -0.4 is 0 Å². The third kappa shape index (κ3) is 2.87. The quantitative estimate of drug-likeness (QED) is 0.631. The standard InChI is InChI=1S/C9H3ClF6O2/c10-7(18)3-1-5(9(14,15)16)6(17)2-4(3)8(11,12)13/h1-2,17H. The number of carbonyl (C=O) groups excluding carboxylic acids is 1. The minimum Gasteiger partial charge on any atom is -0.507 e. The van der Waals surface area contributed by atoms with Crippen molar-refractivity contribution in [2.24, 2.45) is 0 Å². The predicted octanol–water partition coefficient (Wildman–Crippen LogP) is 3.81. The molecule has 18 heavy (non-hydrogen) atoms. The van der Waals surface area contributed by atoms with E-state index in [0.29, 0.717) is 0 Å². The maximum Gasteiger partial charge on any atom is 0.419 e. The first-order valence-corrected chi connectivity index (χ1v) is 4.53. The molecule has 1 aromatic carbocycles. The van der Waals surface area contributed by atoms with E-state index in [4.69, 9.17) is 16.7 Å². The summed E-state index contributed by atoms with van der Waals surface area (Å²) in [4.78, 5) is 10.7. The molecule has 0 saturated heterocycles. The van der Waals surface area contributed by atoms with Gasteiger partial charge in [-0.15, -0.1) is 0 Å². The molecule has 1 aromatic rings. The minimum absolute atomic E-state index is 0.131. The number of hydrogen-bond donors (Lipinski definition) is 1. The molecular weight excluding hydrogens is 290 g/mol. The summed E-state index contributed by atoms with van der Waals surface area (Å²) in [6.07, 6.45) is -10.2. The molecule has 0 heterocycles. The zero-order valence-electron chi connectivity index (χ0n) is 8.16. The van der Waals surface area contributed by atoms with Crippen molar-refractivity contribution in [2.75, 3.05) is 0 Å². The van der Waals surface area contributed by atoms with E-state index >= 15 is 0 Å². The van der Waals surface area contributed by atoms with Gasteiger partial charge < -0.3 is 5.11 Å². The summed E-state index contributed by atoms with van der Waals surface area (Å²) in [5.41, 5.74) is -4.86. The van der Waals surface area contributed by atoms with Crippen molar-refractivity contribution in [3.63, 3.8) is 0 Å². The number of benzene rings is 1. The second-order valence-corrected chi connectivity index (χ2v) is 3.53. The molecule has 100 valence electrons. The topological polar surface area (TPSA) is 37.3 Å². The number of phenolic OH excluding ortho intramolecular Hbond substituents is 1. The van der Waals surface area contributed by atoms with Crippen molar-refractivity contribution in [3.05, 3.63) is 28.8 Å². The van der Waals surface area contributed by atoms with E-state index in [1.807, 2.05) is 0 Å². The first kappa shape index (κ1) is 14.6. The van der Waals surface area contributed by atoms with Gasteiger partial charge in [0.1, 0.15) is 5.75 Å². The average molecular weight is 293 g/mol. The Morgan fingerprint density at radius 1 is 1.00 bits per heavy atom. The molecule has 0 amide bonds. The van der Waals surface area contributed by atoms with Gasteiger partial charge in [-0.3, -0.25) is 4.79 Å². The van der Waals surface area contributed by atoms with Gasteiger partial charge in [0, 0.05) is 5.56 Å². The zero-order chi connectivity index (χ0) is 14.3. The SMILES string of the molecule is O=C(Cl)c1cc(C(F)(F)F)c(O)cc1C(F)(F)F. The van der Waals surface area contributed by atoms with Gasteiger partial charge in [-0.2, -0.15) is 26.3 Å². The molecule has 0 spiro atoms. The fourth-order valence-corrected chi connectivity index (χ4v) is 1.37. The number of carbonyl (C=O) groups is 1. The molecule has 0 aliphatic rings. The van der Waals surface area contributed by atoms with Crippen LogP contribution in [0.2, 0.25) is 0 Å².